The summed E-state index contributed by atoms with van der Waals surface area (Å²) >= 11 is 0. The third kappa shape index (κ3) is 4.09. The van der Waals surface area contributed by atoms with Gasteiger partial charge in [0.15, 0.2) is 0 Å². The minimum absolute atomic E-state index is 0.546. The van der Waals surface area contributed by atoms with E-state index in [1.165, 1.54) is 24.8 Å². The zero-order chi connectivity index (χ0) is 13.4. The molecule has 18 heavy (non-hydrogen) atoms. The van der Waals surface area contributed by atoms with Gasteiger partial charge in [0, 0.05) is 18.4 Å². The molecule has 1 N–H and O–H groups in total. The summed E-state index contributed by atoms with van der Waals surface area (Å²) in [7, 11) is 0. The average molecular weight is 248 g/mol. The molecule has 1 aromatic heterocycles. The Hall–Kier alpha value is -0.890. The van der Waals surface area contributed by atoms with Crippen LogP contribution in [0.4, 0.5) is 0 Å². The van der Waals surface area contributed by atoms with E-state index >= 15 is 0 Å². The lowest BCUT2D eigenvalue weighted by molar-refractivity contribution is 0.299. The van der Waals surface area contributed by atoms with Crippen molar-refractivity contribution in [2.24, 2.45) is 5.92 Å². The van der Waals surface area contributed by atoms with E-state index in [1.807, 2.05) is 12.4 Å². The van der Waals surface area contributed by atoms with Crippen LogP contribution in [-0.2, 0) is 0 Å². The van der Waals surface area contributed by atoms with Crippen LogP contribution in [0.2, 0.25) is 0 Å². The van der Waals surface area contributed by atoms with Gasteiger partial charge in [0.25, 0.3) is 0 Å². The van der Waals surface area contributed by atoms with E-state index in [2.05, 4.69) is 50.1 Å². The van der Waals surface area contributed by atoms with Crippen molar-refractivity contribution in [1.29, 1.82) is 0 Å². The number of hydrogen-bond acceptors (Lipinski definition) is 2. The Kier molecular flexibility index (Phi) is 6.96. The Bertz CT molecular complexity index is 306. The molecule has 0 spiro atoms. The van der Waals surface area contributed by atoms with Crippen molar-refractivity contribution in [3.63, 3.8) is 0 Å². The molecule has 2 heteroatoms. The lowest BCUT2D eigenvalue weighted by Crippen LogP contribution is -2.40. The summed E-state index contributed by atoms with van der Waals surface area (Å²) in [5, 5.41) is 3.75. The van der Waals surface area contributed by atoms with Crippen molar-refractivity contribution in [2.75, 3.05) is 6.54 Å². The summed E-state index contributed by atoms with van der Waals surface area (Å²) in [6, 6.07) is 4.86. The Balaban J connectivity index is 2.81. The Morgan fingerprint density at radius 3 is 2.22 bits per heavy atom. The van der Waals surface area contributed by atoms with Crippen LogP contribution >= 0.6 is 0 Å². The molecule has 0 radical (unpaired) electrons. The van der Waals surface area contributed by atoms with Gasteiger partial charge in [-0.2, -0.15) is 0 Å². The highest BCUT2D eigenvalue weighted by molar-refractivity contribution is 5.17. The molecule has 102 valence electrons. The zero-order valence-electron chi connectivity index (χ0n) is 12.3. The maximum Gasteiger partial charge on any atom is 0.0270 e. The van der Waals surface area contributed by atoms with E-state index < -0.39 is 0 Å². The first-order chi connectivity index (χ1) is 8.74. The molecule has 1 rings (SSSR count). The van der Waals surface area contributed by atoms with Gasteiger partial charge < -0.3 is 5.32 Å². The van der Waals surface area contributed by atoms with Crippen LogP contribution in [0.1, 0.15) is 58.4 Å². The average Bonchev–Trinajstić information content (AvgIpc) is 2.43. The van der Waals surface area contributed by atoms with Crippen molar-refractivity contribution in [2.45, 2.75) is 58.9 Å². The van der Waals surface area contributed by atoms with Gasteiger partial charge in [-0.15, -0.1) is 0 Å². The lowest BCUT2D eigenvalue weighted by Gasteiger charge is -2.32. The Morgan fingerprint density at radius 2 is 1.72 bits per heavy atom. The van der Waals surface area contributed by atoms with Crippen molar-refractivity contribution in [3.8, 4) is 0 Å². The van der Waals surface area contributed by atoms with E-state index in [4.69, 9.17) is 0 Å². The zero-order valence-corrected chi connectivity index (χ0v) is 12.3. The van der Waals surface area contributed by atoms with Gasteiger partial charge in [0.1, 0.15) is 0 Å². The summed E-state index contributed by atoms with van der Waals surface area (Å²) in [5.41, 5.74) is 1.39. The molecule has 1 heterocycles. The molecule has 0 aromatic carbocycles. The predicted octanol–water partition coefficient (Wildman–Crippen LogP) is 3.99. The number of rotatable bonds is 8. The van der Waals surface area contributed by atoms with Crippen molar-refractivity contribution in [1.82, 2.24) is 10.3 Å². The molecule has 1 aromatic rings. The number of nitrogens with zero attached hydrogens (tertiary/aromatic N) is 1. The van der Waals surface area contributed by atoms with E-state index in [0.29, 0.717) is 12.0 Å². The van der Waals surface area contributed by atoms with E-state index in [-0.39, 0.29) is 0 Å². The minimum Gasteiger partial charge on any atom is -0.313 e. The van der Waals surface area contributed by atoms with Crippen molar-refractivity contribution >= 4 is 0 Å². The van der Waals surface area contributed by atoms with Gasteiger partial charge in [0.05, 0.1) is 0 Å². The molecule has 0 saturated heterocycles. The molecule has 2 atom stereocenters. The monoisotopic (exact) mass is 248 g/mol. The highest BCUT2D eigenvalue weighted by atomic mass is 14.9. The second-order valence-electron chi connectivity index (χ2n) is 5.13. The van der Waals surface area contributed by atoms with Gasteiger partial charge in [-0.25, -0.2) is 0 Å². The van der Waals surface area contributed by atoms with Crippen LogP contribution in [0.15, 0.2) is 24.5 Å². The third-order valence-corrected chi connectivity index (χ3v) is 3.96. The summed E-state index contributed by atoms with van der Waals surface area (Å²) in [6.45, 7) is 10.3. The quantitative estimate of drug-likeness (QED) is 0.752. The summed E-state index contributed by atoms with van der Waals surface area (Å²) < 4.78 is 0. The predicted molar refractivity (Wildman–Crippen MR) is 78.8 cm³/mol. The smallest absolute Gasteiger partial charge is 0.0270 e. The van der Waals surface area contributed by atoms with Gasteiger partial charge in [-0.1, -0.05) is 40.5 Å². The normalized spacial score (nSPS) is 14.7. The molecule has 0 fully saturated rings. The van der Waals surface area contributed by atoms with Crippen LogP contribution in [0.25, 0.3) is 0 Å². The SMILES string of the molecule is CCCNC(C(CC)CC)C(C)c1ccncc1. The summed E-state index contributed by atoms with van der Waals surface area (Å²) in [4.78, 5) is 4.11. The summed E-state index contributed by atoms with van der Waals surface area (Å²) in [6.07, 6.45) is 7.48. The summed E-state index contributed by atoms with van der Waals surface area (Å²) in [5.74, 6) is 1.30. The molecule has 0 aliphatic carbocycles. The fourth-order valence-corrected chi connectivity index (χ4v) is 2.73. The van der Waals surface area contributed by atoms with Crippen LogP contribution in [0.5, 0.6) is 0 Å². The number of pyridine rings is 1. The molecule has 0 aliphatic rings. The molecular weight excluding hydrogens is 220 g/mol. The molecular formula is C16H28N2. The van der Waals surface area contributed by atoms with Gasteiger partial charge in [-0.05, 0) is 42.5 Å². The first kappa shape index (κ1) is 15.2. The first-order valence-electron chi connectivity index (χ1n) is 7.37. The van der Waals surface area contributed by atoms with E-state index in [9.17, 15) is 0 Å². The molecule has 0 aliphatic heterocycles. The number of nitrogens with one attached hydrogen (secondary N) is 1. The fraction of sp³-hybridized carbons (Fsp3) is 0.688. The minimum atomic E-state index is 0.546. The lowest BCUT2D eigenvalue weighted by atomic mass is 9.82. The standard InChI is InChI=1S/C16H28N2/c1-5-10-18-16(14(6-2)7-3)13(4)15-8-11-17-12-9-15/h8-9,11-14,16,18H,5-7,10H2,1-4H3. The maximum absolute atomic E-state index is 4.11. The van der Waals surface area contributed by atoms with Crippen LogP contribution in [0, 0.1) is 5.92 Å². The topological polar surface area (TPSA) is 24.9 Å². The Labute approximate surface area is 112 Å². The highest BCUT2D eigenvalue weighted by Gasteiger charge is 2.24. The molecule has 0 amide bonds. The molecule has 0 bridgehead atoms. The van der Waals surface area contributed by atoms with E-state index in [1.54, 1.807) is 0 Å². The van der Waals surface area contributed by atoms with Gasteiger partial charge >= 0.3 is 0 Å². The van der Waals surface area contributed by atoms with Gasteiger partial charge in [0.2, 0.25) is 0 Å². The van der Waals surface area contributed by atoms with Crippen LogP contribution < -0.4 is 5.32 Å². The van der Waals surface area contributed by atoms with Crippen LogP contribution in [-0.4, -0.2) is 17.6 Å². The van der Waals surface area contributed by atoms with Crippen LogP contribution in [0.3, 0.4) is 0 Å². The Morgan fingerprint density at radius 1 is 1.11 bits per heavy atom. The number of aromatic nitrogens is 1. The molecule has 2 nitrogen and oxygen atoms in total. The van der Waals surface area contributed by atoms with Crippen molar-refractivity contribution in [3.05, 3.63) is 30.1 Å². The largest absolute Gasteiger partial charge is 0.313 e. The van der Waals surface area contributed by atoms with Gasteiger partial charge in [-0.3, -0.25) is 4.98 Å². The van der Waals surface area contributed by atoms with E-state index in [0.717, 1.165) is 12.5 Å². The first-order valence-corrected chi connectivity index (χ1v) is 7.37. The second-order valence-corrected chi connectivity index (χ2v) is 5.13. The number of hydrogen-bond donors (Lipinski definition) is 1. The molecule has 2 unspecified atom stereocenters. The van der Waals surface area contributed by atoms with Crippen molar-refractivity contribution < 1.29 is 0 Å². The fourth-order valence-electron chi connectivity index (χ4n) is 2.73. The maximum atomic E-state index is 4.11. The molecule has 0 saturated carbocycles. The third-order valence-electron chi connectivity index (χ3n) is 3.96. The highest BCUT2D eigenvalue weighted by Crippen LogP contribution is 2.27. The second kappa shape index (κ2) is 8.25.